The Labute approximate surface area is 189 Å². The lowest BCUT2D eigenvalue weighted by Crippen LogP contribution is -2.04. The molecule has 8 heteroatoms. The number of carboxylic acid groups (broad SMARTS) is 2. The van der Waals surface area contributed by atoms with Gasteiger partial charge in [-0.1, -0.05) is 18.2 Å². The summed E-state index contributed by atoms with van der Waals surface area (Å²) in [5.41, 5.74) is 4.73. The second kappa shape index (κ2) is 9.19. The summed E-state index contributed by atoms with van der Waals surface area (Å²) in [6, 6.07) is 16.8. The van der Waals surface area contributed by atoms with Gasteiger partial charge in [-0.25, -0.2) is 9.59 Å². The summed E-state index contributed by atoms with van der Waals surface area (Å²) in [6.07, 6.45) is 4.93. The van der Waals surface area contributed by atoms with Crippen LogP contribution in [0.1, 0.15) is 26.3 Å². The van der Waals surface area contributed by atoms with Crippen LogP contribution in [0.25, 0.3) is 11.3 Å². The highest BCUT2D eigenvalue weighted by atomic mass is 16.4. The van der Waals surface area contributed by atoms with Gasteiger partial charge in [0.25, 0.3) is 0 Å². The molecule has 0 fully saturated rings. The molecule has 4 aromatic rings. The van der Waals surface area contributed by atoms with Crippen LogP contribution >= 0.6 is 0 Å². The molecule has 2 heterocycles. The molecule has 2 aromatic carbocycles. The number of aryl methyl sites for hydroxylation is 1. The van der Waals surface area contributed by atoms with Gasteiger partial charge >= 0.3 is 11.9 Å². The van der Waals surface area contributed by atoms with Gasteiger partial charge in [0.05, 0.1) is 28.2 Å². The number of carboxylic acids is 2. The van der Waals surface area contributed by atoms with Gasteiger partial charge in [-0.05, 0) is 55.0 Å². The molecule has 164 valence electrons. The zero-order valence-corrected chi connectivity index (χ0v) is 17.6. The number of aromatic carboxylic acids is 2. The van der Waals surface area contributed by atoms with Crippen molar-refractivity contribution >= 4 is 34.7 Å². The number of benzene rings is 2. The minimum Gasteiger partial charge on any atom is -0.478 e. The van der Waals surface area contributed by atoms with Crippen LogP contribution in [0.5, 0.6) is 0 Å². The maximum Gasteiger partial charge on any atom is 0.337 e. The van der Waals surface area contributed by atoms with Crippen LogP contribution in [-0.4, -0.2) is 32.1 Å². The fraction of sp³-hybridized carbons (Fsp3) is 0.0400. The van der Waals surface area contributed by atoms with Crippen LogP contribution in [0, 0.1) is 6.92 Å². The second-order valence-electron chi connectivity index (χ2n) is 7.29. The Balaban J connectivity index is 1.69. The van der Waals surface area contributed by atoms with E-state index in [9.17, 15) is 19.8 Å². The molecule has 4 N–H and O–H groups in total. The van der Waals surface area contributed by atoms with Crippen LogP contribution in [0.3, 0.4) is 0 Å². The van der Waals surface area contributed by atoms with Crippen molar-refractivity contribution in [2.75, 3.05) is 10.6 Å². The number of hydrogen-bond donors (Lipinski definition) is 4. The number of pyridine rings is 2. The number of rotatable bonds is 7. The smallest absolute Gasteiger partial charge is 0.337 e. The third kappa shape index (κ3) is 4.80. The average molecular weight is 440 g/mol. The predicted molar refractivity (Wildman–Crippen MR) is 126 cm³/mol. The monoisotopic (exact) mass is 440 g/mol. The molecule has 0 unspecified atom stereocenters. The van der Waals surface area contributed by atoms with E-state index in [0.717, 1.165) is 11.3 Å². The first-order valence-electron chi connectivity index (χ1n) is 10.0. The molecular formula is C25H20N4O4. The summed E-state index contributed by atoms with van der Waals surface area (Å²) in [5.74, 6) is -2.08. The Bertz CT molecular complexity index is 1350. The molecule has 0 spiro atoms. The summed E-state index contributed by atoms with van der Waals surface area (Å²) in [5, 5.41) is 25.3. The first-order chi connectivity index (χ1) is 15.9. The number of aromatic nitrogens is 2. The van der Waals surface area contributed by atoms with Crippen LogP contribution in [0.15, 0.2) is 79.3 Å². The van der Waals surface area contributed by atoms with Gasteiger partial charge in [0, 0.05) is 35.5 Å². The highest BCUT2D eigenvalue weighted by Crippen LogP contribution is 2.30. The van der Waals surface area contributed by atoms with Gasteiger partial charge < -0.3 is 20.8 Å². The fourth-order valence-electron chi connectivity index (χ4n) is 3.35. The molecule has 0 aliphatic heterocycles. The average Bonchev–Trinajstić information content (AvgIpc) is 2.81. The maximum absolute atomic E-state index is 11.8. The maximum atomic E-state index is 11.8. The molecule has 0 saturated carbocycles. The quantitative estimate of drug-likeness (QED) is 0.304. The van der Waals surface area contributed by atoms with Crippen LogP contribution in [-0.2, 0) is 0 Å². The minimum absolute atomic E-state index is 0.125. The number of para-hydroxylation sites is 1. The fourth-order valence-corrected chi connectivity index (χ4v) is 3.35. The Morgan fingerprint density at radius 2 is 1.55 bits per heavy atom. The molecule has 8 nitrogen and oxygen atoms in total. The molecule has 0 bridgehead atoms. The summed E-state index contributed by atoms with van der Waals surface area (Å²) in [6.45, 7) is 1.88. The summed E-state index contributed by atoms with van der Waals surface area (Å²) in [7, 11) is 0. The van der Waals surface area contributed by atoms with Crippen molar-refractivity contribution in [2.24, 2.45) is 0 Å². The van der Waals surface area contributed by atoms with Crippen LogP contribution < -0.4 is 10.6 Å². The lowest BCUT2D eigenvalue weighted by Gasteiger charge is -2.14. The highest BCUT2D eigenvalue weighted by Gasteiger charge is 2.14. The topological polar surface area (TPSA) is 124 Å². The summed E-state index contributed by atoms with van der Waals surface area (Å²) >= 11 is 0. The van der Waals surface area contributed by atoms with Gasteiger partial charge in [0.15, 0.2) is 0 Å². The van der Waals surface area contributed by atoms with E-state index < -0.39 is 11.9 Å². The van der Waals surface area contributed by atoms with Gasteiger partial charge in [-0.2, -0.15) is 0 Å². The van der Waals surface area contributed by atoms with Gasteiger partial charge in [-0.15, -0.1) is 0 Å². The van der Waals surface area contributed by atoms with Crippen molar-refractivity contribution in [1.82, 2.24) is 9.97 Å². The molecular weight excluding hydrogens is 420 g/mol. The number of nitrogens with zero attached hydrogens (tertiary/aromatic N) is 2. The second-order valence-corrected chi connectivity index (χ2v) is 7.29. The van der Waals surface area contributed by atoms with E-state index in [4.69, 9.17) is 0 Å². The zero-order valence-electron chi connectivity index (χ0n) is 17.6. The van der Waals surface area contributed by atoms with Crippen LogP contribution in [0.4, 0.5) is 22.7 Å². The van der Waals surface area contributed by atoms with E-state index in [0.29, 0.717) is 28.3 Å². The molecule has 0 aliphatic rings. The standard InChI is InChI=1S/C25H20N4O4/c1-15-14-26-10-9-20(15)29-23-12-16(6-7-19(23)25(32)33)22-13-17(8-11-27-22)28-21-5-3-2-4-18(21)24(30)31/h2-14H,1H3,(H,26,29)(H,27,28)(H,30,31)(H,32,33). The highest BCUT2D eigenvalue weighted by molar-refractivity contribution is 5.97. The molecule has 4 rings (SSSR count). The van der Waals surface area contributed by atoms with Crippen molar-refractivity contribution in [3.05, 3.63) is 95.9 Å². The summed E-state index contributed by atoms with van der Waals surface area (Å²) in [4.78, 5) is 31.7. The number of anilines is 4. The molecule has 33 heavy (non-hydrogen) atoms. The lowest BCUT2D eigenvalue weighted by molar-refractivity contribution is 0.0687. The SMILES string of the molecule is Cc1cnccc1Nc1cc(-c2cc(Nc3ccccc3C(=O)O)ccn2)ccc1C(=O)O. The third-order valence-corrected chi connectivity index (χ3v) is 5.03. The Kier molecular flexibility index (Phi) is 5.99. The molecule has 0 aliphatic carbocycles. The third-order valence-electron chi connectivity index (χ3n) is 5.03. The van der Waals surface area contributed by atoms with Crippen molar-refractivity contribution in [3.63, 3.8) is 0 Å². The van der Waals surface area contributed by atoms with E-state index in [1.54, 1.807) is 67.1 Å². The predicted octanol–water partition coefficient (Wildman–Crippen LogP) is 5.34. The van der Waals surface area contributed by atoms with Crippen molar-refractivity contribution < 1.29 is 19.8 Å². The minimum atomic E-state index is -1.05. The molecule has 0 atom stereocenters. The largest absolute Gasteiger partial charge is 0.478 e. The van der Waals surface area contributed by atoms with E-state index in [-0.39, 0.29) is 11.1 Å². The van der Waals surface area contributed by atoms with E-state index >= 15 is 0 Å². The Morgan fingerprint density at radius 1 is 0.788 bits per heavy atom. The molecule has 2 aromatic heterocycles. The molecule has 0 amide bonds. The lowest BCUT2D eigenvalue weighted by atomic mass is 10.0. The zero-order chi connectivity index (χ0) is 23.4. The van der Waals surface area contributed by atoms with Gasteiger partial charge in [0.1, 0.15) is 0 Å². The Morgan fingerprint density at radius 3 is 2.30 bits per heavy atom. The Hall–Kier alpha value is -4.72. The number of hydrogen-bond acceptors (Lipinski definition) is 6. The number of nitrogens with one attached hydrogen (secondary N) is 2. The normalized spacial score (nSPS) is 10.5. The van der Waals surface area contributed by atoms with Crippen molar-refractivity contribution in [3.8, 4) is 11.3 Å². The summed E-state index contributed by atoms with van der Waals surface area (Å²) < 4.78 is 0. The molecule has 0 saturated heterocycles. The first-order valence-corrected chi connectivity index (χ1v) is 10.0. The first kappa shape index (κ1) is 21.5. The van der Waals surface area contributed by atoms with E-state index in [1.807, 2.05) is 6.92 Å². The van der Waals surface area contributed by atoms with Crippen LogP contribution in [0.2, 0.25) is 0 Å². The van der Waals surface area contributed by atoms with Gasteiger partial charge in [0.2, 0.25) is 0 Å². The van der Waals surface area contributed by atoms with Crippen molar-refractivity contribution in [1.29, 1.82) is 0 Å². The van der Waals surface area contributed by atoms with E-state index in [2.05, 4.69) is 20.6 Å². The number of carbonyl (C=O) groups is 2. The van der Waals surface area contributed by atoms with Gasteiger partial charge in [-0.3, -0.25) is 9.97 Å². The molecule has 0 radical (unpaired) electrons. The van der Waals surface area contributed by atoms with E-state index in [1.165, 1.54) is 12.1 Å². The van der Waals surface area contributed by atoms with Crippen molar-refractivity contribution in [2.45, 2.75) is 6.92 Å².